The molecule has 0 saturated carbocycles. The van der Waals surface area contributed by atoms with Crippen LogP contribution < -0.4 is 5.32 Å². The Morgan fingerprint density at radius 1 is 1.20 bits per heavy atom. The Morgan fingerprint density at radius 3 is 2.68 bits per heavy atom. The molecule has 0 aliphatic rings. The molecule has 25 heavy (non-hydrogen) atoms. The third-order valence-corrected chi connectivity index (χ3v) is 3.84. The van der Waals surface area contributed by atoms with Gasteiger partial charge in [-0.25, -0.2) is 9.97 Å². The van der Waals surface area contributed by atoms with Gasteiger partial charge in [-0.2, -0.15) is 22.0 Å². The Morgan fingerprint density at radius 2 is 2.00 bits per heavy atom. The second kappa shape index (κ2) is 6.70. The molecule has 0 aromatic carbocycles. The van der Waals surface area contributed by atoms with Gasteiger partial charge in [0.1, 0.15) is 21.4 Å². The zero-order valence-corrected chi connectivity index (χ0v) is 12.9. The van der Waals surface area contributed by atoms with Crippen LogP contribution in [0.15, 0.2) is 28.8 Å². The van der Waals surface area contributed by atoms with E-state index in [0.717, 1.165) is 17.4 Å². The summed E-state index contributed by atoms with van der Waals surface area (Å²) in [5.74, 6) is -0.864. The lowest BCUT2D eigenvalue weighted by Gasteiger charge is -2.08. The summed E-state index contributed by atoms with van der Waals surface area (Å²) < 4.78 is 67.5. The molecule has 1 N–H and O–H groups in total. The Hall–Kier alpha value is -2.63. The van der Waals surface area contributed by atoms with E-state index in [4.69, 9.17) is 4.42 Å². The molecular weight excluding hydrogens is 369 g/mol. The zero-order valence-electron chi connectivity index (χ0n) is 12.1. The van der Waals surface area contributed by atoms with Gasteiger partial charge in [-0.3, -0.25) is 0 Å². The highest BCUT2D eigenvalue weighted by Gasteiger charge is 2.32. The van der Waals surface area contributed by atoms with E-state index in [1.807, 2.05) is 0 Å². The van der Waals surface area contributed by atoms with Crippen LogP contribution in [-0.4, -0.2) is 20.2 Å². The van der Waals surface area contributed by atoms with E-state index in [-0.39, 0.29) is 18.3 Å². The molecule has 0 fully saturated rings. The Kier molecular flexibility index (Phi) is 4.61. The normalized spacial score (nSPS) is 11.9. The second-order valence-corrected chi connectivity index (χ2v) is 5.74. The molecule has 3 rings (SSSR count). The van der Waals surface area contributed by atoms with Gasteiger partial charge in [-0.05, 0) is 12.1 Å². The first-order valence-corrected chi connectivity index (χ1v) is 7.49. The molecule has 0 saturated heterocycles. The molecule has 0 amide bonds. The number of nitrogens with zero attached hydrogens (tertiary/aromatic N) is 4. The lowest BCUT2D eigenvalue weighted by Crippen LogP contribution is -2.10. The molecule has 3 heterocycles. The molecule has 3 aromatic rings. The first-order valence-electron chi connectivity index (χ1n) is 6.67. The van der Waals surface area contributed by atoms with E-state index in [2.05, 4.69) is 25.5 Å². The fraction of sp³-hybridized carbons (Fsp3) is 0.231. The van der Waals surface area contributed by atoms with E-state index in [0.29, 0.717) is 9.88 Å². The molecule has 0 aliphatic heterocycles. The predicted octanol–water partition coefficient (Wildman–Crippen LogP) is 4.16. The minimum absolute atomic E-state index is 0.0318. The summed E-state index contributed by atoms with van der Waals surface area (Å²) in [6, 6.07) is 3.48. The standard InChI is InChI=1S/C13H8F5N5OS/c14-10(15)12-23-22-11(24-12)6-4-20-9(25-6)5-19-8-3-1-2-7(21-8)13(16,17)18/h1-4,10H,5H2,(H,19,21). The molecule has 132 valence electrons. The largest absolute Gasteiger partial charge is 0.433 e. The van der Waals surface area contributed by atoms with Crippen molar-refractivity contribution in [2.45, 2.75) is 19.1 Å². The van der Waals surface area contributed by atoms with Crippen LogP contribution in [0.2, 0.25) is 0 Å². The van der Waals surface area contributed by atoms with Crippen molar-refractivity contribution in [3.05, 3.63) is 41.0 Å². The zero-order chi connectivity index (χ0) is 18.0. The lowest BCUT2D eigenvalue weighted by molar-refractivity contribution is -0.141. The van der Waals surface area contributed by atoms with E-state index in [1.165, 1.54) is 18.3 Å². The van der Waals surface area contributed by atoms with Crippen molar-refractivity contribution in [3.8, 4) is 10.8 Å². The van der Waals surface area contributed by atoms with Gasteiger partial charge in [0.2, 0.25) is 0 Å². The van der Waals surface area contributed by atoms with Gasteiger partial charge < -0.3 is 9.73 Å². The molecule has 0 atom stereocenters. The Balaban J connectivity index is 1.68. The van der Waals surface area contributed by atoms with Crippen LogP contribution in [0.25, 0.3) is 10.8 Å². The molecule has 3 aromatic heterocycles. The summed E-state index contributed by atoms with van der Waals surface area (Å²) in [4.78, 5) is 7.86. The van der Waals surface area contributed by atoms with Gasteiger partial charge in [0.05, 0.1) is 12.7 Å². The first kappa shape index (κ1) is 17.2. The number of hydrogen-bond donors (Lipinski definition) is 1. The van der Waals surface area contributed by atoms with E-state index < -0.39 is 24.2 Å². The molecule has 0 unspecified atom stereocenters. The summed E-state index contributed by atoms with van der Waals surface area (Å²) in [5.41, 5.74) is -1.01. The summed E-state index contributed by atoms with van der Waals surface area (Å²) >= 11 is 1.08. The highest BCUT2D eigenvalue weighted by Crippen LogP contribution is 2.29. The fourth-order valence-electron chi connectivity index (χ4n) is 1.77. The number of aromatic nitrogens is 4. The number of thiazole rings is 1. The van der Waals surface area contributed by atoms with E-state index >= 15 is 0 Å². The van der Waals surface area contributed by atoms with Gasteiger partial charge >= 0.3 is 12.6 Å². The molecule has 6 nitrogen and oxygen atoms in total. The average Bonchev–Trinajstić information content (AvgIpc) is 3.21. The third-order valence-electron chi connectivity index (χ3n) is 2.85. The number of halogens is 5. The van der Waals surface area contributed by atoms with Crippen LogP contribution >= 0.6 is 11.3 Å². The van der Waals surface area contributed by atoms with Crippen LogP contribution in [0, 0.1) is 0 Å². The fourth-order valence-corrected chi connectivity index (χ4v) is 2.55. The highest BCUT2D eigenvalue weighted by atomic mass is 32.1. The van der Waals surface area contributed by atoms with Gasteiger partial charge in [0.15, 0.2) is 0 Å². The smallest absolute Gasteiger partial charge is 0.414 e. The average molecular weight is 377 g/mol. The monoisotopic (exact) mass is 377 g/mol. The summed E-state index contributed by atoms with van der Waals surface area (Å²) in [6.45, 7) is 0.0921. The number of nitrogens with one attached hydrogen (secondary N) is 1. The molecule has 0 bridgehead atoms. The molecule has 0 aliphatic carbocycles. The van der Waals surface area contributed by atoms with Crippen LogP contribution in [0.3, 0.4) is 0 Å². The number of pyridine rings is 1. The maximum atomic E-state index is 12.6. The van der Waals surface area contributed by atoms with E-state index in [9.17, 15) is 22.0 Å². The number of alkyl halides is 5. The maximum absolute atomic E-state index is 12.6. The van der Waals surface area contributed by atoms with Crippen molar-refractivity contribution in [3.63, 3.8) is 0 Å². The van der Waals surface area contributed by atoms with Crippen LogP contribution in [0.1, 0.15) is 23.0 Å². The Bertz CT molecular complexity index is 862. The van der Waals surface area contributed by atoms with Crippen molar-refractivity contribution in [2.75, 3.05) is 5.32 Å². The summed E-state index contributed by atoms with van der Waals surface area (Å²) in [7, 11) is 0. The van der Waals surface area contributed by atoms with Crippen LogP contribution in [0.5, 0.6) is 0 Å². The van der Waals surface area contributed by atoms with Crippen LogP contribution in [-0.2, 0) is 12.7 Å². The highest BCUT2D eigenvalue weighted by molar-refractivity contribution is 7.15. The lowest BCUT2D eigenvalue weighted by atomic mass is 10.3. The van der Waals surface area contributed by atoms with Crippen molar-refractivity contribution in [1.29, 1.82) is 0 Å². The second-order valence-electron chi connectivity index (χ2n) is 4.62. The quantitative estimate of drug-likeness (QED) is 0.673. The number of anilines is 1. The van der Waals surface area contributed by atoms with E-state index in [1.54, 1.807) is 0 Å². The van der Waals surface area contributed by atoms with Crippen LogP contribution in [0.4, 0.5) is 27.8 Å². The summed E-state index contributed by atoms with van der Waals surface area (Å²) in [5, 5.41) is 9.89. The van der Waals surface area contributed by atoms with Gasteiger partial charge in [0.25, 0.3) is 11.8 Å². The summed E-state index contributed by atoms with van der Waals surface area (Å²) in [6.07, 6.45) is -6.06. The first-order chi connectivity index (χ1) is 11.8. The van der Waals surface area contributed by atoms with Crippen molar-refractivity contribution < 1.29 is 26.4 Å². The third kappa shape index (κ3) is 4.07. The van der Waals surface area contributed by atoms with Gasteiger partial charge in [-0.15, -0.1) is 21.5 Å². The van der Waals surface area contributed by atoms with Gasteiger partial charge in [-0.1, -0.05) is 6.07 Å². The molecule has 12 heteroatoms. The minimum Gasteiger partial charge on any atom is -0.414 e. The predicted molar refractivity (Wildman–Crippen MR) is 76.9 cm³/mol. The Labute approximate surface area is 140 Å². The topological polar surface area (TPSA) is 76.7 Å². The molecule has 0 radical (unpaired) electrons. The van der Waals surface area contributed by atoms with Gasteiger partial charge in [0, 0.05) is 0 Å². The molecule has 0 spiro atoms. The maximum Gasteiger partial charge on any atom is 0.433 e. The van der Waals surface area contributed by atoms with Crippen molar-refractivity contribution in [2.24, 2.45) is 0 Å². The molecular formula is C13H8F5N5OS. The van der Waals surface area contributed by atoms with Crippen molar-refractivity contribution in [1.82, 2.24) is 20.2 Å². The van der Waals surface area contributed by atoms with Crippen molar-refractivity contribution >= 4 is 17.2 Å². The SMILES string of the molecule is FC(F)c1nnc(-c2cnc(CNc3cccc(C(F)(F)F)n3)s2)o1. The minimum atomic E-state index is -4.54. The number of rotatable bonds is 5. The number of hydrogen-bond acceptors (Lipinski definition) is 7.